The molecule has 1 aromatic rings. The maximum absolute atomic E-state index is 12.3. The first kappa shape index (κ1) is 15.1. The summed E-state index contributed by atoms with van der Waals surface area (Å²) >= 11 is 12.2. The van der Waals surface area contributed by atoms with E-state index >= 15 is 0 Å². The number of fused-ring (bicyclic) bond motifs is 1. The van der Waals surface area contributed by atoms with Crippen molar-refractivity contribution in [3.05, 3.63) is 27.2 Å². The standard InChI is InChI=1S/C14H14Cl2O4/c1-2-3-7-4-8-5-9(20-6-10(17)18)12(15)13(16)11(8)14(7)19/h5,7H,2-4,6H2,1H3,(H,17,18). The molecule has 1 N–H and O–H groups in total. The fraction of sp³-hybridized carbons (Fsp3) is 0.429. The van der Waals surface area contributed by atoms with Crippen LogP contribution in [0.4, 0.5) is 0 Å². The average molecular weight is 317 g/mol. The average Bonchev–Trinajstić information content (AvgIpc) is 2.69. The minimum atomic E-state index is -1.10. The van der Waals surface area contributed by atoms with Gasteiger partial charge in [0.15, 0.2) is 12.4 Å². The fourth-order valence-electron chi connectivity index (χ4n) is 2.47. The number of carboxylic acids is 1. The Morgan fingerprint density at radius 1 is 1.45 bits per heavy atom. The lowest BCUT2D eigenvalue weighted by Crippen LogP contribution is -2.10. The van der Waals surface area contributed by atoms with Gasteiger partial charge in [0.1, 0.15) is 10.8 Å². The Morgan fingerprint density at radius 3 is 2.75 bits per heavy atom. The van der Waals surface area contributed by atoms with Crippen molar-refractivity contribution in [3.8, 4) is 5.75 Å². The van der Waals surface area contributed by atoms with Crippen LogP contribution in [-0.2, 0) is 11.2 Å². The molecule has 0 aliphatic heterocycles. The molecule has 0 spiro atoms. The van der Waals surface area contributed by atoms with Crippen LogP contribution in [0.15, 0.2) is 6.07 Å². The van der Waals surface area contributed by atoms with Crippen molar-refractivity contribution >= 4 is 35.0 Å². The number of hydrogen-bond donors (Lipinski definition) is 1. The van der Waals surface area contributed by atoms with Gasteiger partial charge in [-0.15, -0.1) is 0 Å². The van der Waals surface area contributed by atoms with E-state index in [4.69, 9.17) is 33.0 Å². The van der Waals surface area contributed by atoms with Crippen LogP contribution in [0.3, 0.4) is 0 Å². The predicted octanol–water partition coefficient (Wildman–Crippen LogP) is 3.61. The second-order valence-corrected chi connectivity index (χ2v) is 5.53. The van der Waals surface area contributed by atoms with Gasteiger partial charge in [-0.1, -0.05) is 36.5 Å². The number of ketones is 1. The van der Waals surface area contributed by atoms with Gasteiger partial charge in [-0.3, -0.25) is 4.79 Å². The van der Waals surface area contributed by atoms with E-state index in [1.807, 2.05) is 6.92 Å². The SMILES string of the molecule is CCCC1Cc2cc(OCC(=O)O)c(Cl)c(Cl)c2C1=O. The quantitative estimate of drug-likeness (QED) is 0.901. The molecule has 4 nitrogen and oxygen atoms in total. The maximum atomic E-state index is 12.3. The number of Topliss-reactive ketones (excluding diaryl/α,β-unsaturated/α-hetero) is 1. The molecule has 1 atom stereocenters. The topological polar surface area (TPSA) is 63.6 Å². The third-order valence-corrected chi connectivity index (χ3v) is 4.18. The van der Waals surface area contributed by atoms with Crippen molar-refractivity contribution in [2.45, 2.75) is 26.2 Å². The molecule has 108 valence electrons. The highest BCUT2D eigenvalue weighted by molar-refractivity contribution is 6.45. The summed E-state index contributed by atoms with van der Waals surface area (Å²) in [6, 6.07) is 1.63. The number of carboxylic acid groups (broad SMARTS) is 1. The van der Waals surface area contributed by atoms with Crippen molar-refractivity contribution in [2.75, 3.05) is 6.61 Å². The maximum Gasteiger partial charge on any atom is 0.341 e. The zero-order chi connectivity index (χ0) is 14.9. The van der Waals surface area contributed by atoms with E-state index in [0.29, 0.717) is 12.0 Å². The first-order valence-electron chi connectivity index (χ1n) is 6.35. The van der Waals surface area contributed by atoms with E-state index in [2.05, 4.69) is 0 Å². The van der Waals surface area contributed by atoms with Crippen LogP contribution in [0.25, 0.3) is 0 Å². The summed E-state index contributed by atoms with van der Waals surface area (Å²) in [5.74, 6) is -0.947. The fourth-order valence-corrected chi connectivity index (χ4v) is 2.98. The van der Waals surface area contributed by atoms with Gasteiger partial charge in [-0.2, -0.15) is 0 Å². The minimum Gasteiger partial charge on any atom is -0.480 e. The van der Waals surface area contributed by atoms with Crippen LogP contribution in [0.1, 0.15) is 35.7 Å². The van der Waals surface area contributed by atoms with Crippen molar-refractivity contribution in [1.29, 1.82) is 0 Å². The zero-order valence-corrected chi connectivity index (χ0v) is 12.4. The third kappa shape index (κ3) is 2.76. The Hall–Kier alpha value is -1.26. The molecule has 2 rings (SSSR count). The van der Waals surface area contributed by atoms with Crippen LogP contribution < -0.4 is 4.74 Å². The number of rotatable bonds is 5. The van der Waals surface area contributed by atoms with Crippen LogP contribution in [-0.4, -0.2) is 23.5 Å². The van der Waals surface area contributed by atoms with E-state index in [0.717, 1.165) is 18.4 Å². The smallest absolute Gasteiger partial charge is 0.341 e. The molecule has 0 heterocycles. The Morgan fingerprint density at radius 2 is 2.15 bits per heavy atom. The highest BCUT2D eigenvalue weighted by atomic mass is 35.5. The molecule has 0 bridgehead atoms. The first-order valence-corrected chi connectivity index (χ1v) is 7.11. The van der Waals surface area contributed by atoms with E-state index in [1.54, 1.807) is 6.07 Å². The molecular formula is C14H14Cl2O4. The lowest BCUT2D eigenvalue weighted by molar-refractivity contribution is -0.139. The molecule has 0 radical (unpaired) electrons. The van der Waals surface area contributed by atoms with Gasteiger partial charge in [-0.25, -0.2) is 4.79 Å². The molecular weight excluding hydrogens is 303 g/mol. The Labute approximate surface area is 126 Å². The number of benzene rings is 1. The Kier molecular flexibility index (Phi) is 4.55. The normalized spacial score (nSPS) is 17.1. The van der Waals surface area contributed by atoms with Crippen LogP contribution in [0.5, 0.6) is 5.75 Å². The lowest BCUT2D eigenvalue weighted by Gasteiger charge is -2.10. The van der Waals surface area contributed by atoms with Gasteiger partial charge < -0.3 is 9.84 Å². The van der Waals surface area contributed by atoms with Crippen LogP contribution >= 0.6 is 23.2 Å². The largest absolute Gasteiger partial charge is 0.480 e. The lowest BCUT2D eigenvalue weighted by atomic mass is 10.00. The van der Waals surface area contributed by atoms with Gasteiger partial charge in [0, 0.05) is 11.5 Å². The van der Waals surface area contributed by atoms with Crippen molar-refractivity contribution in [3.63, 3.8) is 0 Å². The summed E-state index contributed by atoms with van der Waals surface area (Å²) in [6.45, 7) is 1.52. The monoisotopic (exact) mass is 316 g/mol. The third-order valence-electron chi connectivity index (χ3n) is 3.33. The molecule has 1 aromatic carbocycles. The van der Waals surface area contributed by atoms with Gasteiger partial charge in [0.05, 0.1) is 5.02 Å². The number of ether oxygens (including phenoxy) is 1. The molecule has 1 aliphatic rings. The Balaban J connectivity index is 2.35. The summed E-state index contributed by atoms with van der Waals surface area (Å²) in [4.78, 5) is 22.8. The van der Waals surface area contributed by atoms with Gasteiger partial charge in [0.25, 0.3) is 0 Å². The number of carbonyl (C=O) groups excluding carboxylic acids is 1. The predicted molar refractivity (Wildman–Crippen MR) is 76.0 cm³/mol. The summed E-state index contributed by atoms with van der Waals surface area (Å²) < 4.78 is 5.11. The highest BCUT2D eigenvalue weighted by Crippen LogP contribution is 2.42. The molecule has 0 amide bonds. The Bertz CT molecular complexity index is 569. The van der Waals surface area contributed by atoms with E-state index in [1.165, 1.54) is 0 Å². The molecule has 0 aromatic heterocycles. The first-order chi connectivity index (χ1) is 9.45. The second kappa shape index (κ2) is 6.02. The van der Waals surface area contributed by atoms with Crippen molar-refractivity contribution in [2.24, 2.45) is 5.92 Å². The summed E-state index contributed by atoms with van der Waals surface area (Å²) in [7, 11) is 0. The zero-order valence-electron chi connectivity index (χ0n) is 10.9. The minimum absolute atomic E-state index is 0.0125. The molecule has 0 saturated carbocycles. The number of hydrogen-bond acceptors (Lipinski definition) is 3. The molecule has 0 saturated heterocycles. The van der Waals surface area contributed by atoms with Crippen molar-refractivity contribution in [1.82, 2.24) is 0 Å². The summed E-state index contributed by atoms with van der Waals surface area (Å²) in [6.07, 6.45) is 2.31. The number of halogens is 2. The molecule has 20 heavy (non-hydrogen) atoms. The number of carbonyl (C=O) groups is 2. The second-order valence-electron chi connectivity index (χ2n) is 4.77. The van der Waals surface area contributed by atoms with E-state index in [-0.39, 0.29) is 27.5 Å². The van der Waals surface area contributed by atoms with Gasteiger partial charge >= 0.3 is 5.97 Å². The highest BCUT2D eigenvalue weighted by Gasteiger charge is 2.34. The van der Waals surface area contributed by atoms with Crippen molar-refractivity contribution < 1.29 is 19.4 Å². The van der Waals surface area contributed by atoms with Crippen LogP contribution in [0, 0.1) is 5.92 Å². The van der Waals surface area contributed by atoms with E-state index < -0.39 is 12.6 Å². The molecule has 6 heteroatoms. The van der Waals surface area contributed by atoms with Gasteiger partial charge in [0.2, 0.25) is 0 Å². The summed E-state index contributed by atoms with van der Waals surface area (Å²) in [5, 5.41) is 8.88. The van der Waals surface area contributed by atoms with E-state index in [9.17, 15) is 9.59 Å². The van der Waals surface area contributed by atoms with Crippen LogP contribution in [0.2, 0.25) is 10.0 Å². The number of aliphatic carboxylic acids is 1. The molecule has 0 fully saturated rings. The molecule has 1 unspecified atom stereocenters. The van der Waals surface area contributed by atoms with Gasteiger partial charge in [-0.05, 0) is 24.5 Å². The summed E-state index contributed by atoms with van der Waals surface area (Å²) in [5.41, 5.74) is 1.24. The molecule has 1 aliphatic carbocycles.